The van der Waals surface area contributed by atoms with Crippen molar-refractivity contribution in [3.05, 3.63) is 84.0 Å². The van der Waals surface area contributed by atoms with E-state index in [-0.39, 0.29) is 11.3 Å². The second-order valence-electron chi connectivity index (χ2n) is 7.66. The van der Waals surface area contributed by atoms with Crippen molar-refractivity contribution in [2.45, 2.75) is 20.8 Å². The Morgan fingerprint density at radius 3 is 2.67 bits per heavy atom. The first kappa shape index (κ1) is 20.5. The van der Waals surface area contributed by atoms with Crippen molar-refractivity contribution in [1.82, 2.24) is 24.3 Å². The quantitative estimate of drug-likeness (QED) is 0.431. The summed E-state index contributed by atoms with van der Waals surface area (Å²) in [5.41, 5.74) is 4.41. The molecule has 0 saturated heterocycles. The van der Waals surface area contributed by atoms with Gasteiger partial charge in [-0.05, 0) is 43.7 Å². The van der Waals surface area contributed by atoms with Crippen molar-refractivity contribution >= 4 is 17.4 Å². The largest absolute Gasteiger partial charge is 0.436 e. The van der Waals surface area contributed by atoms with Crippen LogP contribution in [0.4, 0.5) is 10.1 Å². The minimum Gasteiger partial charge on any atom is -0.436 e. The Morgan fingerprint density at radius 2 is 1.91 bits per heavy atom. The molecule has 0 fully saturated rings. The number of pyridine rings is 1. The number of fused-ring (bicyclic) bond motifs is 1. The molecule has 1 amide bonds. The average Bonchev–Trinajstić information content (AvgIpc) is 3.37. The first-order chi connectivity index (χ1) is 15.9. The van der Waals surface area contributed by atoms with Gasteiger partial charge in [0.05, 0.1) is 11.4 Å². The summed E-state index contributed by atoms with van der Waals surface area (Å²) in [6, 6.07) is 6.22. The van der Waals surface area contributed by atoms with E-state index >= 15 is 0 Å². The van der Waals surface area contributed by atoms with Crippen molar-refractivity contribution in [2.24, 2.45) is 0 Å². The fourth-order valence-corrected chi connectivity index (χ4v) is 3.65. The molecule has 4 heterocycles. The number of carbonyl (C=O) groups is 1. The highest BCUT2D eigenvalue weighted by Crippen LogP contribution is 2.27. The third kappa shape index (κ3) is 3.84. The Kier molecular flexibility index (Phi) is 4.93. The summed E-state index contributed by atoms with van der Waals surface area (Å²) in [5.74, 6) is 0.0196. The average molecular weight is 442 g/mol. The summed E-state index contributed by atoms with van der Waals surface area (Å²) in [6.07, 6.45) is 8.80. The van der Waals surface area contributed by atoms with Gasteiger partial charge in [0.25, 0.3) is 5.91 Å². The van der Waals surface area contributed by atoms with Crippen molar-refractivity contribution in [3.8, 4) is 22.4 Å². The highest BCUT2D eigenvalue weighted by molar-refractivity contribution is 6.03. The first-order valence-electron chi connectivity index (χ1n) is 10.2. The second-order valence-corrected chi connectivity index (χ2v) is 7.66. The standard InChI is InChI=1S/C24H19FN6O2/c1-13-6-7-26-10-19(13)16-9-27-24-30-21(12-31(24)11-16)18-8-17(4-5-20(18)25)29-23(32)22-14(2)28-15(3)33-22/h4-12H,1-3H3,(H,29,32). The molecule has 164 valence electrons. The Morgan fingerprint density at radius 1 is 1.06 bits per heavy atom. The molecular weight excluding hydrogens is 423 g/mol. The van der Waals surface area contributed by atoms with Gasteiger partial charge in [-0.2, -0.15) is 0 Å². The van der Waals surface area contributed by atoms with Gasteiger partial charge in [0.2, 0.25) is 11.5 Å². The minimum atomic E-state index is -0.466. The van der Waals surface area contributed by atoms with Crippen LogP contribution in [-0.4, -0.2) is 30.2 Å². The molecule has 5 rings (SSSR count). The van der Waals surface area contributed by atoms with E-state index < -0.39 is 11.7 Å². The zero-order valence-electron chi connectivity index (χ0n) is 18.1. The van der Waals surface area contributed by atoms with E-state index in [1.807, 2.05) is 19.2 Å². The lowest BCUT2D eigenvalue weighted by molar-refractivity contribution is 0.0994. The van der Waals surface area contributed by atoms with Gasteiger partial charge >= 0.3 is 0 Å². The van der Waals surface area contributed by atoms with E-state index in [1.165, 1.54) is 18.2 Å². The maximum absolute atomic E-state index is 14.7. The normalized spacial score (nSPS) is 11.2. The number of halogens is 1. The number of hydrogen-bond donors (Lipinski definition) is 1. The second kappa shape index (κ2) is 7.94. The fourth-order valence-electron chi connectivity index (χ4n) is 3.65. The van der Waals surface area contributed by atoms with E-state index in [2.05, 4.69) is 25.3 Å². The number of anilines is 1. The molecule has 0 bridgehead atoms. The van der Waals surface area contributed by atoms with Crippen LogP contribution >= 0.6 is 0 Å². The molecule has 1 N–H and O–H groups in total. The van der Waals surface area contributed by atoms with Gasteiger partial charge in [-0.3, -0.25) is 14.2 Å². The molecule has 0 atom stereocenters. The van der Waals surface area contributed by atoms with E-state index in [1.54, 1.807) is 43.0 Å². The number of benzene rings is 1. The van der Waals surface area contributed by atoms with Crippen LogP contribution in [0.2, 0.25) is 0 Å². The highest BCUT2D eigenvalue weighted by Gasteiger charge is 2.18. The van der Waals surface area contributed by atoms with E-state index in [0.717, 1.165) is 16.7 Å². The molecule has 33 heavy (non-hydrogen) atoms. The van der Waals surface area contributed by atoms with Crippen molar-refractivity contribution < 1.29 is 13.6 Å². The number of nitrogens with one attached hydrogen (secondary N) is 1. The van der Waals surface area contributed by atoms with Crippen LogP contribution < -0.4 is 5.32 Å². The number of aromatic nitrogens is 5. The molecule has 9 heteroatoms. The molecule has 0 aliphatic rings. The number of rotatable bonds is 4. The van der Waals surface area contributed by atoms with Crippen molar-refractivity contribution in [2.75, 3.05) is 5.32 Å². The number of aryl methyl sites for hydroxylation is 3. The number of nitrogens with zero attached hydrogens (tertiary/aromatic N) is 5. The molecule has 4 aromatic heterocycles. The summed E-state index contributed by atoms with van der Waals surface area (Å²) in [5, 5.41) is 2.72. The van der Waals surface area contributed by atoms with Crippen molar-refractivity contribution in [3.63, 3.8) is 0 Å². The van der Waals surface area contributed by atoms with Crippen LogP contribution in [0.1, 0.15) is 27.7 Å². The molecule has 0 spiro atoms. The number of hydrogen-bond acceptors (Lipinski definition) is 6. The predicted octanol–water partition coefficient (Wildman–Crippen LogP) is 4.76. The summed E-state index contributed by atoms with van der Waals surface area (Å²) < 4.78 is 21.8. The van der Waals surface area contributed by atoms with Gasteiger partial charge in [0.15, 0.2) is 5.89 Å². The van der Waals surface area contributed by atoms with Gasteiger partial charge in [0.1, 0.15) is 5.82 Å². The summed E-state index contributed by atoms with van der Waals surface area (Å²) in [7, 11) is 0. The molecular formula is C24H19FN6O2. The topological polar surface area (TPSA) is 98.2 Å². The number of carbonyl (C=O) groups excluding carboxylic acids is 1. The van der Waals surface area contributed by atoms with Gasteiger partial charge in [-0.25, -0.2) is 19.3 Å². The first-order valence-corrected chi connectivity index (χ1v) is 10.2. The lowest BCUT2D eigenvalue weighted by Gasteiger charge is -2.06. The van der Waals surface area contributed by atoms with Crippen LogP contribution in [0.25, 0.3) is 28.2 Å². The van der Waals surface area contributed by atoms with Gasteiger partial charge in [-0.1, -0.05) is 0 Å². The van der Waals surface area contributed by atoms with Crippen LogP contribution in [0.15, 0.2) is 59.7 Å². The van der Waals surface area contributed by atoms with E-state index in [9.17, 15) is 9.18 Å². The third-order valence-electron chi connectivity index (χ3n) is 5.27. The minimum absolute atomic E-state index is 0.119. The lowest BCUT2D eigenvalue weighted by atomic mass is 10.1. The SMILES string of the molecule is Cc1nc(C)c(C(=O)Nc2ccc(F)c(-c3cn4cc(-c5cnccc5C)cnc4n3)c2)o1. The maximum atomic E-state index is 14.7. The number of oxazole rings is 1. The van der Waals surface area contributed by atoms with Gasteiger partial charge < -0.3 is 9.73 Å². The molecule has 1 aromatic carbocycles. The Balaban J connectivity index is 1.48. The molecule has 0 radical (unpaired) electrons. The Labute approximate surface area is 188 Å². The Hall–Kier alpha value is -4.40. The predicted molar refractivity (Wildman–Crippen MR) is 120 cm³/mol. The zero-order chi connectivity index (χ0) is 23.1. The molecule has 8 nitrogen and oxygen atoms in total. The van der Waals surface area contributed by atoms with Gasteiger partial charge in [-0.15, -0.1) is 0 Å². The molecule has 5 aromatic rings. The van der Waals surface area contributed by atoms with Crippen LogP contribution in [0.3, 0.4) is 0 Å². The smallest absolute Gasteiger partial charge is 0.293 e. The number of amides is 1. The van der Waals surface area contributed by atoms with Gasteiger partial charge in [0, 0.05) is 60.3 Å². The van der Waals surface area contributed by atoms with Crippen LogP contribution in [-0.2, 0) is 0 Å². The maximum Gasteiger partial charge on any atom is 0.293 e. The lowest BCUT2D eigenvalue weighted by Crippen LogP contribution is -2.12. The van der Waals surface area contributed by atoms with E-state index in [4.69, 9.17) is 4.42 Å². The zero-order valence-corrected chi connectivity index (χ0v) is 18.1. The summed E-state index contributed by atoms with van der Waals surface area (Å²) >= 11 is 0. The fraction of sp³-hybridized carbons (Fsp3) is 0.125. The molecule has 0 saturated carbocycles. The number of imidazole rings is 1. The van der Waals surface area contributed by atoms with Crippen LogP contribution in [0, 0.1) is 26.6 Å². The monoisotopic (exact) mass is 442 g/mol. The van der Waals surface area contributed by atoms with Crippen molar-refractivity contribution in [1.29, 1.82) is 0 Å². The summed E-state index contributed by atoms with van der Waals surface area (Å²) in [4.78, 5) is 29.7. The molecule has 0 aliphatic heterocycles. The third-order valence-corrected chi connectivity index (χ3v) is 5.27. The Bertz CT molecular complexity index is 1520. The summed E-state index contributed by atoms with van der Waals surface area (Å²) in [6.45, 7) is 5.35. The molecule has 0 aliphatic carbocycles. The highest BCUT2D eigenvalue weighted by atomic mass is 19.1. The molecule has 0 unspecified atom stereocenters. The van der Waals surface area contributed by atoms with Crippen LogP contribution in [0.5, 0.6) is 0 Å². The van der Waals surface area contributed by atoms with E-state index in [0.29, 0.717) is 28.7 Å².